The summed E-state index contributed by atoms with van der Waals surface area (Å²) in [6.07, 6.45) is 4.48. The van der Waals surface area contributed by atoms with Crippen molar-refractivity contribution in [1.29, 1.82) is 0 Å². The summed E-state index contributed by atoms with van der Waals surface area (Å²) in [7, 11) is 0. The molecule has 0 N–H and O–H groups in total. The number of aromatic nitrogens is 3. The predicted octanol–water partition coefficient (Wildman–Crippen LogP) is 14.2. The van der Waals surface area contributed by atoms with Crippen LogP contribution in [0.2, 0.25) is 0 Å². The van der Waals surface area contributed by atoms with Crippen LogP contribution in [0.1, 0.15) is 11.1 Å². The van der Waals surface area contributed by atoms with Crippen LogP contribution in [0, 0.1) is 0 Å². The Morgan fingerprint density at radius 3 is 1.28 bits per heavy atom. The molecule has 0 bridgehead atoms. The van der Waals surface area contributed by atoms with Crippen molar-refractivity contribution in [1.82, 2.24) is 15.0 Å². The minimum Gasteiger partial charge on any atom is -0.208 e. The molecule has 0 fully saturated rings. The Kier molecular flexibility index (Phi) is 9.15. The van der Waals surface area contributed by atoms with Crippen LogP contribution in [0.25, 0.3) is 90.8 Å². The van der Waals surface area contributed by atoms with Gasteiger partial charge in [-0.3, -0.25) is 0 Å². The molecule has 1 aliphatic heterocycles. The van der Waals surface area contributed by atoms with Crippen LogP contribution >= 0.6 is 11.8 Å². The van der Waals surface area contributed by atoms with Gasteiger partial charge in [0.05, 0.1) is 0 Å². The van der Waals surface area contributed by atoms with E-state index in [0.717, 1.165) is 55.6 Å². The van der Waals surface area contributed by atoms with E-state index < -0.39 is 0 Å². The Morgan fingerprint density at radius 2 is 0.684 bits per heavy atom. The van der Waals surface area contributed by atoms with Crippen LogP contribution in [-0.4, -0.2) is 15.0 Å². The third-order valence-electron chi connectivity index (χ3n) is 10.4. The maximum atomic E-state index is 5.28. The van der Waals surface area contributed by atoms with Gasteiger partial charge in [-0.2, -0.15) is 0 Å². The molecule has 0 unspecified atom stereocenters. The fraction of sp³-hybridized carbons (Fsp3) is 0. The van der Waals surface area contributed by atoms with Crippen LogP contribution in [0.15, 0.2) is 210 Å². The van der Waals surface area contributed by atoms with E-state index in [0.29, 0.717) is 17.5 Å². The highest BCUT2D eigenvalue weighted by Crippen LogP contribution is 2.44. The molecular formula is C53H35N3S. The van der Waals surface area contributed by atoms with Gasteiger partial charge in [-0.25, -0.2) is 15.0 Å². The molecule has 0 saturated carbocycles. The van der Waals surface area contributed by atoms with E-state index in [2.05, 4.69) is 182 Å². The van der Waals surface area contributed by atoms with Crippen molar-refractivity contribution >= 4 is 23.9 Å². The van der Waals surface area contributed by atoms with Gasteiger partial charge in [0, 0.05) is 26.5 Å². The lowest BCUT2D eigenvalue weighted by molar-refractivity contribution is 1.07. The largest absolute Gasteiger partial charge is 0.208 e. The number of benzene rings is 8. The van der Waals surface area contributed by atoms with Gasteiger partial charge < -0.3 is 0 Å². The Morgan fingerprint density at radius 1 is 0.263 bits per heavy atom. The summed E-state index contributed by atoms with van der Waals surface area (Å²) < 4.78 is 0. The van der Waals surface area contributed by atoms with Gasteiger partial charge in [0.25, 0.3) is 0 Å². The van der Waals surface area contributed by atoms with Crippen LogP contribution < -0.4 is 0 Å². The molecule has 2 heterocycles. The molecule has 0 spiro atoms. The lowest BCUT2D eigenvalue weighted by atomic mass is 9.94. The van der Waals surface area contributed by atoms with Crippen LogP contribution in [0.4, 0.5) is 0 Å². The minimum absolute atomic E-state index is 0.618. The average Bonchev–Trinajstić information content (AvgIpc) is 3.31. The zero-order valence-electron chi connectivity index (χ0n) is 31.0. The minimum atomic E-state index is 0.618. The highest BCUT2D eigenvalue weighted by Gasteiger charge is 2.19. The monoisotopic (exact) mass is 745 g/mol. The number of fused-ring (bicyclic) bond motifs is 6. The summed E-state index contributed by atoms with van der Waals surface area (Å²) in [5.41, 5.74) is 14.2. The molecule has 9 aromatic rings. The van der Waals surface area contributed by atoms with Crippen molar-refractivity contribution in [3.8, 4) is 78.7 Å². The summed E-state index contributed by atoms with van der Waals surface area (Å²) in [4.78, 5) is 18.0. The molecule has 0 aliphatic carbocycles. The van der Waals surface area contributed by atoms with Gasteiger partial charge in [-0.05, 0) is 92.0 Å². The molecule has 0 radical (unpaired) electrons. The first kappa shape index (κ1) is 34.4. The van der Waals surface area contributed by atoms with E-state index >= 15 is 0 Å². The van der Waals surface area contributed by atoms with Crippen molar-refractivity contribution in [3.05, 3.63) is 211 Å². The molecule has 1 aromatic heterocycles. The van der Waals surface area contributed by atoms with Crippen molar-refractivity contribution in [2.24, 2.45) is 0 Å². The van der Waals surface area contributed by atoms with E-state index in [1.165, 1.54) is 26.5 Å². The van der Waals surface area contributed by atoms with Crippen molar-refractivity contribution < 1.29 is 0 Å². The second-order valence-electron chi connectivity index (χ2n) is 14.0. The summed E-state index contributed by atoms with van der Waals surface area (Å²) in [6.45, 7) is 0. The lowest BCUT2D eigenvalue weighted by Crippen LogP contribution is -2.01. The van der Waals surface area contributed by atoms with Crippen molar-refractivity contribution in [2.75, 3.05) is 0 Å². The maximum Gasteiger partial charge on any atom is 0.164 e. The zero-order valence-corrected chi connectivity index (χ0v) is 31.8. The molecule has 268 valence electrons. The molecule has 0 atom stereocenters. The fourth-order valence-electron chi connectivity index (χ4n) is 7.52. The molecule has 4 heteroatoms. The molecular weight excluding hydrogens is 711 g/mol. The van der Waals surface area contributed by atoms with E-state index in [1.807, 2.05) is 30.3 Å². The first-order chi connectivity index (χ1) is 28.2. The standard InChI is InChI=1S/C53H35N3S/c1-4-16-36(17-5-1)42-32-43(37-18-6-2-7-19-37)34-44(33-42)53-55-51(40-21-8-3-9-22-40)54-52(56-53)41-31-30-39-29-28-38-20-10-11-23-45(38)46-24-12-14-26-49(46)57-50-27-15-13-25-47(50)48(39)35-41/h1-35H/b29-28-. The first-order valence-corrected chi connectivity index (χ1v) is 19.9. The number of hydrogen-bond donors (Lipinski definition) is 0. The highest BCUT2D eigenvalue weighted by molar-refractivity contribution is 7.99. The van der Waals surface area contributed by atoms with Crippen LogP contribution in [0.5, 0.6) is 0 Å². The molecule has 0 saturated heterocycles. The second kappa shape index (κ2) is 15.2. The molecule has 10 rings (SSSR count). The van der Waals surface area contributed by atoms with Crippen molar-refractivity contribution in [3.63, 3.8) is 0 Å². The van der Waals surface area contributed by atoms with E-state index in [-0.39, 0.29) is 0 Å². The molecule has 0 amide bonds. The molecule has 57 heavy (non-hydrogen) atoms. The van der Waals surface area contributed by atoms with Gasteiger partial charge in [0.2, 0.25) is 0 Å². The SMILES string of the molecule is C1=C\c2ccc(-c3nc(-c4ccccc4)nc(-c4cc(-c5ccccc5)cc(-c5ccccc5)c4)n3)cc2-c2ccccc2Sc2ccccc2-c2ccccc2/1. The lowest BCUT2D eigenvalue weighted by Gasteiger charge is -2.15. The number of rotatable bonds is 5. The first-order valence-electron chi connectivity index (χ1n) is 19.1. The van der Waals surface area contributed by atoms with Gasteiger partial charge >= 0.3 is 0 Å². The Labute approximate surface area is 337 Å². The second-order valence-corrected chi connectivity index (χ2v) is 15.1. The van der Waals surface area contributed by atoms with Gasteiger partial charge in [-0.1, -0.05) is 188 Å². The number of nitrogens with zero attached hydrogens (tertiary/aromatic N) is 3. The van der Waals surface area contributed by atoms with Gasteiger partial charge in [0.15, 0.2) is 17.5 Å². The Balaban J connectivity index is 1.17. The van der Waals surface area contributed by atoms with E-state index in [1.54, 1.807) is 11.8 Å². The van der Waals surface area contributed by atoms with E-state index in [9.17, 15) is 0 Å². The molecule has 1 aliphatic rings. The quantitative estimate of drug-likeness (QED) is 0.176. The van der Waals surface area contributed by atoms with Crippen LogP contribution in [0.3, 0.4) is 0 Å². The molecule has 3 nitrogen and oxygen atoms in total. The zero-order chi connectivity index (χ0) is 38.0. The van der Waals surface area contributed by atoms with Gasteiger partial charge in [0.1, 0.15) is 0 Å². The normalized spacial score (nSPS) is 12.3. The fourth-order valence-corrected chi connectivity index (χ4v) is 8.62. The van der Waals surface area contributed by atoms with E-state index in [4.69, 9.17) is 15.0 Å². The summed E-state index contributed by atoms with van der Waals surface area (Å²) in [6, 6.07) is 70.4. The summed E-state index contributed by atoms with van der Waals surface area (Å²) in [5.74, 6) is 1.86. The van der Waals surface area contributed by atoms with Crippen LogP contribution in [-0.2, 0) is 0 Å². The molecule has 8 aromatic carbocycles. The predicted molar refractivity (Wildman–Crippen MR) is 237 cm³/mol. The maximum absolute atomic E-state index is 5.28. The highest BCUT2D eigenvalue weighted by atomic mass is 32.2. The van der Waals surface area contributed by atoms with Crippen molar-refractivity contribution in [2.45, 2.75) is 9.79 Å². The summed E-state index contributed by atoms with van der Waals surface area (Å²) in [5, 5.41) is 0. The third kappa shape index (κ3) is 6.99. The van der Waals surface area contributed by atoms with Gasteiger partial charge in [-0.15, -0.1) is 0 Å². The third-order valence-corrected chi connectivity index (χ3v) is 11.5. The topological polar surface area (TPSA) is 38.7 Å². The average molecular weight is 746 g/mol. The Hall–Kier alpha value is -7.14. The summed E-state index contributed by atoms with van der Waals surface area (Å²) >= 11 is 1.81. The smallest absolute Gasteiger partial charge is 0.164 e. The number of hydrogen-bond acceptors (Lipinski definition) is 4. The Bertz CT molecular complexity index is 2860.